The van der Waals surface area contributed by atoms with Crippen LogP contribution in [-0.4, -0.2) is 128 Å². The molecule has 5 aromatic heterocycles. The molecule has 2 aliphatic carbocycles. The molecule has 0 amide bonds. The van der Waals surface area contributed by atoms with E-state index in [1.807, 2.05) is 155 Å². The summed E-state index contributed by atoms with van der Waals surface area (Å²) in [4.78, 5) is 58.4. The van der Waals surface area contributed by atoms with Gasteiger partial charge in [-0.2, -0.15) is 30.8 Å². The monoisotopic (exact) mass is 1760 g/mol. The molecule has 0 saturated heterocycles. The van der Waals surface area contributed by atoms with Crippen LogP contribution in [0.25, 0.3) is 111 Å². The Labute approximate surface area is 751 Å². The standard InChI is InChI=1S/C26H31FN2O3.C25H29FN2O3.C18H17FN2O2.C17H15FN2O2.C17H13N3O2/c1-18-8-6-12-21-25(28-29(26(18)21)17-24(30)31-2)22-16-20(13-14-23(22)27)32-15-7-11-19-9-4-3-5-10-19;1-30-24(29)17-28-23-12-6-5-11-20(23)25(27-28)21-16-19(13-14-22(21)26)31-15-7-10-18-8-3-2-4-9-18;1-11-7-8-15(19)14(9-11)17-13-6-4-5-12(2)18(13)21(20-17)10-16(22)23-3;1-11-7-8-14(18)13(9-11)17-12-5-3-4-6-15(12)20(19-17)10-16(21)22-2;1-22-16(21)11-20-15-9-5-4-8-14(15)17(19-20)13-7-3-2-6-12(13)10-18/h6,8,12-14,16,19H,3-5,7,9-11,15,17H2,1-2H3;5-6,11-14,16,18H,2-4,7-10,15,17H2,1H3;4-9H,10H2,1-3H3;3-9H,10H2,1-2H3;2-9H,11H2,1H3. The maximum absolute atomic E-state index is 14.9. The van der Waals surface area contributed by atoms with Crippen LogP contribution >= 0.6 is 0 Å². The number of para-hydroxylation sites is 5. The first kappa shape index (κ1) is 93.4. The number of carbonyl (C=O) groups excluding carboxylic acids is 5. The maximum atomic E-state index is 14.9. The quantitative estimate of drug-likeness (QED) is 0.0223. The number of nitrogens with zero attached hydrogens (tertiary/aromatic N) is 11. The number of nitriles is 1. The van der Waals surface area contributed by atoms with Gasteiger partial charge in [-0.15, -0.1) is 0 Å². The zero-order valence-electron chi connectivity index (χ0n) is 74.5. The molecule has 0 spiro atoms. The fourth-order valence-corrected chi connectivity index (χ4v) is 16.8. The fourth-order valence-electron chi connectivity index (χ4n) is 16.8. The Morgan fingerprint density at radius 2 is 0.646 bits per heavy atom. The number of benzene rings is 10. The Bertz CT molecular complexity index is 6590. The van der Waals surface area contributed by atoms with Crippen molar-refractivity contribution in [2.24, 2.45) is 11.8 Å². The van der Waals surface area contributed by atoms with Crippen LogP contribution in [0.3, 0.4) is 0 Å². The average molecular weight is 1770 g/mol. The zero-order chi connectivity index (χ0) is 91.9. The number of aromatic nitrogens is 10. The van der Waals surface area contributed by atoms with Crippen molar-refractivity contribution in [2.45, 2.75) is 150 Å². The normalized spacial score (nSPS) is 12.6. The van der Waals surface area contributed by atoms with E-state index in [1.165, 1.54) is 142 Å². The van der Waals surface area contributed by atoms with Crippen LogP contribution in [0.15, 0.2) is 206 Å². The predicted molar refractivity (Wildman–Crippen MR) is 492 cm³/mol. The van der Waals surface area contributed by atoms with Gasteiger partial charge in [-0.1, -0.05) is 197 Å². The van der Waals surface area contributed by atoms with Crippen molar-refractivity contribution >= 4 is 84.4 Å². The number of aryl methyl sites for hydroxylation is 4. The van der Waals surface area contributed by atoms with Crippen molar-refractivity contribution in [3.63, 3.8) is 0 Å². The summed E-state index contributed by atoms with van der Waals surface area (Å²) in [7, 11) is 6.69. The molecule has 0 N–H and O–H groups in total. The second kappa shape index (κ2) is 44.4. The van der Waals surface area contributed by atoms with Crippen molar-refractivity contribution in [3.8, 4) is 73.9 Å². The molecule has 0 atom stereocenters. The molecule has 10 aromatic carbocycles. The lowest BCUT2D eigenvalue weighted by Gasteiger charge is -2.21. The number of hydrogen-bond donors (Lipinski definition) is 0. The summed E-state index contributed by atoms with van der Waals surface area (Å²) < 4.78 is 102. The van der Waals surface area contributed by atoms with Gasteiger partial charge in [0.2, 0.25) is 0 Å². The molecule has 2 aliphatic rings. The Morgan fingerprint density at radius 1 is 0.346 bits per heavy atom. The van der Waals surface area contributed by atoms with Crippen LogP contribution in [-0.2, 0) is 80.4 Å². The van der Waals surface area contributed by atoms with Gasteiger partial charge in [0.05, 0.1) is 88.0 Å². The number of fused-ring (bicyclic) bond motifs is 5. The number of rotatable bonds is 25. The Kier molecular flexibility index (Phi) is 31.9. The average Bonchev–Trinajstić information content (AvgIpc) is 1.63. The predicted octanol–water partition coefficient (Wildman–Crippen LogP) is 21.5. The Balaban J connectivity index is 0.000000140. The minimum absolute atomic E-state index is 0.00864. The molecule has 0 radical (unpaired) electrons. The van der Waals surface area contributed by atoms with Crippen LogP contribution in [0, 0.1) is 74.1 Å². The lowest BCUT2D eigenvalue weighted by atomic mass is 9.86. The molecule has 2 saturated carbocycles. The summed E-state index contributed by atoms with van der Waals surface area (Å²) in [5.74, 6) is -0.466. The van der Waals surface area contributed by atoms with Crippen LogP contribution in [0.1, 0.15) is 118 Å². The summed E-state index contributed by atoms with van der Waals surface area (Å²) in [6.45, 7) is 8.89. The van der Waals surface area contributed by atoms with Crippen LogP contribution in [0.5, 0.6) is 11.5 Å². The number of halogens is 4. The van der Waals surface area contributed by atoms with E-state index in [0.717, 1.165) is 107 Å². The van der Waals surface area contributed by atoms with Crippen molar-refractivity contribution in [2.75, 3.05) is 48.8 Å². The van der Waals surface area contributed by atoms with Crippen LogP contribution in [0.4, 0.5) is 17.6 Å². The SMILES string of the molecule is COC(=O)Cn1nc(-c2cc(C)ccc2F)c2cccc(C)c21.COC(=O)Cn1nc(-c2cc(C)ccc2F)c2ccccc21.COC(=O)Cn1nc(-c2cc(OCCCC3CCCCC3)ccc2F)c2cccc(C)c21.COC(=O)Cn1nc(-c2cc(OCCCC3CCCCC3)ccc2F)c2ccccc21.COC(=O)Cn1nc(-c2ccccc2C#N)c2ccccc21. The highest BCUT2D eigenvalue weighted by Gasteiger charge is 2.26. The third kappa shape index (κ3) is 22.8. The Morgan fingerprint density at radius 3 is 1.01 bits per heavy atom. The first-order valence-electron chi connectivity index (χ1n) is 43.6. The molecule has 2 fully saturated rings. The molecule has 17 rings (SSSR count). The number of methoxy groups -OCH3 is 5. The van der Waals surface area contributed by atoms with Crippen molar-refractivity contribution in [1.82, 2.24) is 48.9 Å². The highest BCUT2D eigenvalue weighted by atomic mass is 19.1. The third-order valence-electron chi connectivity index (χ3n) is 23.4. The topological polar surface area (TPSA) is 263 Å². The first-order chi connectivity index (χ1) is 63.1. The molecule has 0 bridgehead atoms. The minimum Gasteiger partial charge on any atom is -0.494 e. The number of carbonyl (C=O) groups is 5. The lowest BCUT2D eigenvalue weighted by molar-refractivity contribution is -0.142. The summed E-state index contributed by atoms with van der Waals surface area (Å²) in [6, 6.07) is 62.9. The molecule has 0 aliphatic heterocycles. The van der Waals surface area contributed by atoms with Crippen molar-refractivity contribution < 1.29 is 74.7 Å². The third-order valence-corrected chi connectivity index (χ3v) is 23.4. The van der Waals surface area contributed by atoms with Gasteiger partial charge in [-0.05, 0) is 161 Å². The molecule has 672 valence electrons. The van der Waals surface area contributed by atoms with E-state index in [2.05, 4.69) is 36.3 Å². The van der Waals surface area contributed by atoms with E-state index < -0.39 is 23.9 Å². The summed E-state index contributed by atoms with van der Waals surface area (Å²) in [6.07, 6.45) is 17.9. The van der Waals surface area contributed by atoms with Crippen LogP contribution < -0.4 is 9.47 Å². The number of ether oxygens (including phenoxy) is 7. The second-order valence-electron chi connectivity index (χ2n) is 32.3. The molecule has 130 heavy (non-hydrogen) atoms. The second-order valence-corrected chi connectivity index (χ2v) is 32.3. The van der Waals surface area contributed by atoms with E-state index in [4.69, 9.17) is 28.4 Å². The van der Waals surface area contributed by atoms with Gasteiger partial charge >= 0.3 is 29.8 Å². The molecular weight excluding hydrogens is 1660 g/mol. The van der Waals surface area contributed by atoms with Gasteiger partial charge in [-0.3, -0.25) is 47.4 Å². The van der Waals surface area contributed by atoms with Crippen molar-refractivity contribution in [3.05, 3.63) is 257 Å². The fraction of sp³-hybridized carbons (Fsp3) is 0.311. The molecule has 15 aromatic rings. The summed E-state index contributed by atoms with van der Waals surface area (Å²) in [5, 5.41) is 35.9. The summed E-state index contributed by atoms with van der Waals surface area (Å²) in [5.41, 5.74) is 13.4. The summed E-state index contributed by atoms with van der Waals surface area (Å²) >= 11 is 0. The molecule has 0 unspecified atom stereocenters. The Hall–Kier alpha value is -14.3. The van der Waals surface area contributed by atoms with E-state index in [0.29, 0.717) is 81.0 Å². The number of esters is 5. The van der Waals surface area contributed by atoms with Gasteiger partial charge < -0.3 is 33.2 Å². The van der Waals surface area contributed by atoms with Gasteiger partial charge in [0.15, 0.2) is 0 Å². The van der Waals surface area contributed by atoms with Gasteiger partial charge in [-0.25, -0.2) is 17.6 Å². The van der Waals surface area contributed by atoms with E-state index in [-0.39, 0.29) is 62.0 Å². The largest absolute Gasteiger partial charge is 0.494 e. The molecule has 23 nitrogen and oxygen atoms in total. The van der Waals surface area contributed by atoms with E-state index in [9.17, 15) is 46.8 Å². The van der Waals surface area contributed by atoms with Gasteiger partial charge in [0.25, 0.3) is 0 Å². The zero-order valence-corrected chi connectivity index (χ0v) is 74.5. The lowest BCUT2D eigenvalue weighted by Crippen LogP contribution is -2.13. The molecule has 27 heteroatoms. The number of hydrogen-bond acceptors (Lipinski definition) is 18. The van der Waals surface area contributed by atoms with Gasteiger partial charge in [0, 0.05) is 54.7 Å². The molecular formula is C103H105F4N11O12. The highest BCUT2D eigenvalue weighted by molar-refractivity contribution is 6.00. The first-order valence-corrected chi connectivity index (χ1v) is 43.6. The smallest absolute Gasteiger partial charge is 0.327 e. The van der Waals surface area contributed by atoms with Crippen molar-refractivity contribution in [1.29, 1.82) is 5.26 Å². The van der Waals surface area contributed by atoms with Gasteiger partial charge in [0.1, 0.15) is 96.0 Å². The highest BCUT2D eigenvalue weighted by Crippen LogP contribution is 2.39. The van der Waals surface area contributed by atoms with Crippen LogP contribution in [0.2, 0.25) is 0 Å². The van der Waals surface area contributed by atoms with E-state index in [1.54, 1.807) is 73.3 Å². The molecule has 5 heterocycles. The minimum atomic E-state index is -0.407. The van der Waals surface area contributed by atoms with E-state index >= 15 is 0 Å². The maximum Gasteiger partial charge on any atom is 0.327 e.